The van der Waals surface area contributed by atoms with E-state index in [1.54, 1.807) is 13.8 Å². The second kappa shape index (κ2) is 11.7. The summed E-state index contributed by atoms with van der Waals surface area (Å²) in [5, 5.41) is 22.6. The van der Waals surface area contributed by atoms with Gasteiger partial charge < -0.3 is 38.0 Å². The van der Waals surface area contributed by atoms with E-state index in [0.717, 1.165) is 0 Å². The van der Waals surface area contributed by atoms with Crippen LogP contribution in [0.15, 0.2) is 4.99 Å². The molecule has 0 aliphatic rings. The summed E-state index contributed by atoms with van der Waals surface area (Å²) in [7, 11) is 0. The first kappa shape index (κ1) is 24.1. The molecular weight excluding hydrogens is 360 g/mol. The van der Waals surface area contributed by atoms with E-state index < -0.39 is 48.3 Å². The molecule has 10 N–H and O–H groups in total. The van der Waals surface area contributed by atoms with E-state index >= 15 is 0 Å². The average molecular weight is 388 g/mol. The fourth-order valence-electron chi connectivity index (χ4n) is 1.99. The summed E-state index contributed by atoms with van der Waals surface area (Å²) in [6.45, 7) is 3.54. The van der Waals surface area contributed by atoms with E-state index in [1.807, 2.05) is 0 Å². The monoisotopic (exact) mass is 388 g/mol. The molecule has 0 saturated heterocycles. The van der Waals surface area contributed by atoms with Crippen molar-refractivity contribution in [2.24, 2.45) is 28.1 Å². The quantitative estimate of drug-likeness (QED) is 0.107. The fourth-order valence-corrected chi connectivity index (χ4v) is 1.99. The largest absolute Gasteiger partial charge is 0.481 e. The second-order valence-corrected chi connectivity index (χ2v) is 6.28. The lowest BCUT2D eigenvalue weighted by Gasteiger charge is -2.23. The van der Waals surface area contributed by atoms with Crippen LogP contribution in [-0.2, 0) is 19.2 Å². The number of aliphatic carboxylic acids is 2. The maximum absolute atomic E-state index is 12.3. The minimum atomic E-state index is -1.46. The minimum absolute atomic E-state index is 0.0110. The molecule has 0 unspecified atom stereocenters. The Morgan fingerprint density at radius 2 is 1.56 bits per heavy atom. The lowest BCUT2D eigenvalue weighted by molar-refractivity contribution is -0.143. The van der Waals surface area contributed by atoms with E-state index in [4.69, 9.17) is 22.3 Å². The van der Waals surface area contributed by atoms with E-state index in [9.17, 15) is 24.3 Å². The Labute approximate surface area is 156 Å². The summed E-state index contributed by atoms with van der Waals surface area (Å²) >= 11 is 0. The van der Waals surface area contributed by atoms with Crippen LogP contribution in [0.2, 0.25) is 0 Å². The number of nitrogens with one attached hydrogen (secondary N) is 2. The Morgan fingerprint density at radius 1 is 1.00 bits per heavy atom. The van der Waals surface area contributed by atoms with Crippen molar-refractivity contribution in [3.8, 4) is 0 Å². The first-order chi connectivity index (χ1) is 12.5. The van der Waals surface area contributed by atoms with Crippen molar-refractivity contribution in [2.75, 3.05) is 6.54 Å². The zero-order valence-electron chi connectivity index (χ0n) is 15.3. The van der Waals surface area contributed by atoms with Gasteiger partial charge in [-0.25, -0.2) is 4.79 Å². The molecule has 12 heteroatoms. The molecular formula is C15H28N6O6. The predicted octanol–water partition coefficient (Wildman–Crippen LogP) is -2.45. The number of hydrogen-bond donors (Lipinski definition) is 7. The lowest BCUT2D eigenvalue weighted by Crippen LogP contribution is -2.55. The molecule has 154 valence electrons. The Bertz CT molecular complexity index is 575. The summed E-state index contributed by atoms with van der Waals surface area (Å²) < 4.78 is 0. The highest BCUT2D eigenvalue weighted by atomic mass is 16.4. The highest BCUT2D eigenvalue weighted by molar-refractivity contribution is 5.93. The molecule has 0 fully saturated rings. The van der Waals surface area contributed by atoms with Gasteiger partial charge in [0.2, 0.25) is 11.8 Å². The van der Waals surface area contributed by atoms with E-state index in [2.05, 4.69) is 15.6 Å². The van der Waals surface area contributed by atoms with Crippen LogP contribution >= 0.6 is 0 Å². The van der Waals surface area contributed by atoms with Crippen LogP contribution in [0, 0.1) is 5.92 Å². The van der Waals surface area contributed by atoms with Gasteiger partial charge in [-0.2, -0.15) is 0 Å². The summed E-state index contributed by atoms with van der Waals surface area (Å²) in [5.41, 5.74) is 16.0. The lowest BCUT2D eigenvalue weighted by atomic mass is 10.0. The molecule has 0 bridgehead atoms. The second-order valence-electron chi connectivity index (χ2n) is 6.28. The molecule has 12 nitrogen and oxygen atoms in total. The normalized spacial score (nSPS) is 13.9. The van der Waals surface area contributed by atoms with Crippen molar-refractivity contribution in [3.05, 3.63) is 0 Å². The number of carboxylic acids is 2. The topological polar surface area (TPSA) is 223 Å². The summed E-state index contributed by atoms with van der Waals surface area (Å²) in [4.78, 5) is 50.3. The number of hydrogen-bond acceptors (Lipinski definition) is 6. The van der Waals surface area contributed by atoms with Crippen molar-refractivity contribution >= 4 is 29.7 Å². The number of carboxylic acid groups (broad SMARTS) is 2. The molecule has 2 amide bonds. The third-order valence-corrected chi connectivity index (χ3v) is 3.59. The van der Waals surface area contributed by atoms with Gasteiger partial charge in [-0.05, 0) is 18.8 Å². The molecule has 0 aliphatic heterocycles. The van der Waals surface area contributed by atoms with Crippen molar-refractivity contribution in [1.29, 1.82) is 0 Å². The smallest absolute Gasteiger partial charge is 0.326 e. The zero-order chi connectivity index (χ0) is 21.1. The number of carbonyl (C=O) groups is 4. The molecule has 0 spiro atoms. The number of amides is 2. The Kier molecular flexibility index (Phi) is 10.4. The van der Waals surface area contributed by atoms with Crippen molar-refractivity contribution < 1.29 is 29.4 Å². The van der Waals surface area contributed by atoms with Crippen LogP contribution in [0.5, 0.6) is 0 Å². The number of nitrogens with two attached hydrogens (primary N) is 3. The van der Waals surface area contributed by atoms with Gasteiger partial charge in [0, 0.05) is 6.54 Å². The molecule has 0 aliphatic carbocycles. The van der Waals surface area contributed by atoms with Gasteiger partial charge >= 0.3 is 11.9 Å². The van der Waals surface area contributed by atoms with Crippen molar-refractivity contribution in [1.82, 2.24) is 10.6 Å². The number of aliphatic imine (C=N–C) groups is 1. The Morgan fingerprint density at radius 3 is 2.00 bits per heavy atom. The van der Waals surface area contributed by atoms with Gasteiger partial charge in [0.05, 0.1) is 12.5 Å². The van der Waals surface area contributed by atoms with Gasteiger partial charge in [-0.15, -0.1) is 0 Å². The maximum atomic E-state index is 12.3. The molecule has 0 radical (unpaired) electrons. The van der Waals surface area contributed by atoms with Crippen LogP contribution in [0.4, 0.5) is 0 Å². The SMILES string of the molecule is CC(C)[C@H](N)C(=O)N[C@@H](CC(=O)O)C(=O)N[C@@H](CCCN=C(N)N)C(=O)O. The minimum Gasteiger partial charge on any atom is -0.481 e. The third kappa shape index (κ3) is 9.99. The molecule has 0 saturated carbocycles. The van der Waals surface area contributed by atoms with E-state index in [0.29, 0.717) is 0 Å². The van der Waals surface area contributed by atoms with Crippen LogP contribution in [0.3, 0.4) is 0 Å². The molecule has 0 heterocycles. The molecule has 0 aromatic carbocycles. The zero-order valence-corrected chi connectivity index (χ0v) is 15.3. The van der Waals surface area contributed by atoms with Crippen LogP contribution < -0.4 is 27.8 Å². The molecule has 0 rings (SSSR count). The maximum Gasteiger partial charge on any atom is 0.326 e. The third-order valence-electron chi connectivity index (χ3n) is 3.59. The molecule has 0 aromatic rings. The molecule has 0 aromatic heterocycles. The number of carbonyl (C=O) groups excluding carboxylic acids is 2. The number of rotatable bonds is 12. The number of guanidine groups is 1. The Balaban J connectivity index is 5.01. The van der Waals surface area contributed by atoms with Gasteiger partial charge in [-0.3, -0.25) is 19.4 Å². The van der Waals surface area contributed by atoms with Gasteiger partial charge in [0.1, 0.15) is 12.1 Å². The van der Waals surface area contributed by atoms with E-state index in [1.165, 1.54) is 0 Å². The van der Waals surface area contributed by atoms with Gasteiger partial charge in [0.25, 0.3) is 0 Å². The predicted molar refractivity (Wildman–Crippen MR) is 96.5 cm³/mol. The molecule has 27 heavy (non-hydrogen) atoms. The molecule has 3 atom stereocenters. The van der Waals surface area contributed by atoms with Gasteiger partial charge in [0.15, 0.2) is 5.96 Å². The van der Waals surface area contributed by atoms with E-state index in [-0.39, 0.29) is 31.3 Å². The first-order valence-electron chi connectivity index (χ1n) is 8.32. The fraction of sp³-hybridized carbons (Fsp3) is 0.667. The summed E-state index contributed by atoms with van der Waals surface area (Å²) in [5.74, 6) is -4.67. The highest BCUT2D eigenvalue weighted by Gasteiger charge is 2.30. The van der Waals surface area contributed by atoms with Crippen LogP contribution in [0.1, 0.15) is 33.1 Å². The summed E-state index contributed by atoms with van der Waals surface area (Å²) in [6, 6.07) is -3.69. The number of nitrogens with zero attached hydrogens (tertiary/aromatic N) is 1. The summed E-state index contributed by atoms with van der Waals surface area (Å²) in [6.07, 6.45) is -0.441. The van der Waals surface area contributed by atoms with Gasteiger partial charge in [-0.1, -0.05) is 13.8 Å². The van der Waals surface area contributed by atoms with Crippen LogP contribution in [0.25, 0.3) is 0 Å². The Hall–Kier alpha value is -2.89. The first-order valence-corrected chi connectivity index (χ1v) is 8.32. The van der Waals surface area contributed by atoms with Crippen LogP contribution in [-0.4, -0.2) is 64.6 Å². The van der Waals surface area contributed by atoms with Crippen molar-refractivity contribution in [3.63, 3.8) is 0 Å². The highest BCUT2D eigenvalue weighted by Crippen LogP contribution is 2.03. The standard InChI is InChI=1S/C15H28N6O6/c1-7(2)11(16)13(25)21-9(6-10(22)23)12(24)20-8(14(26)27)4-3-5-19-15(17)18/h7-9,11H,3-6,16H2,1-2H3,(H,20,24)(H,21,25)(H,22,23)(H,26,27)(H4,17,18,19)/t8-,9-,11-/m0/s1. The average Bonchev–Trinajstić information content (AvgIpc) is 2.54. The van der Waals surface area contributed by atoms with Crippen molar-refractivity contribution in [2.45, 2.75) is 51.2 Å².